The molecule has 17 heavy (non-hydrogen) atoms. The third kappa shape index (κ3) is 2.63. The fraction of sp³-hybridized carbons (Fsp3) is 0.455. The number of aryl methyl sites for hydroxylation is 1. The molecular formula is C11H13N5S. The molecule has 6 heteroatoms. The van der Waals surface area contributed by atoms with Crippen LogP contribution in [-0.2, 0) is 6.42 Å². The molecule has 0 aliphatic heterocycles. The van der Waals surface area contributed by atoms with Crippen molar-refractivity contribution in [3.05, 3.63) is 30.1 Å². The van der Waals surface area contributed by atoms with Crippen molar-refractivity contribution >= 4 is 11.8 Å². The second kappa shape index (κ2) is 4.83. The van der Waals surface area contributed by atoms with Gasteiger partial charge in [-0.2, -0.15) is 0 Å². The highest BCUT2D eigenvalue weighted by Gasteiger charge is 2.27. The standard InChI is InChI=1S/C11H13N5S/c1-2-7-12-9(3-1)6-8-17-11-13-14-15-16(11)10-4-5-10/h1-3,7,10H,4-6,8H2. The summed E-state index contributed by atoms with van der Waals surface area (Å²) in [7, 11) is 0. The summed E-state index contributed by atoms with van der Waals surface area (Å²) in [5.41, 5.74) is 1.12. The summed E-state index contributed by atoms with van der Waals surface area (Å²) < 4.78 is 1.95. The van der Waals surface area contributed by atoms with Gasteiger partial charge in [0.1, 0.15) is 0 Å². The second-order valence-electron chi connectivity index (χ2n) is 4.06. The predicted molar refractivity (Wildman–Crippen MR) is 64.8 cm³/mol. The van der Waals surface area contributed by atoms with Crippen molar-refractivity contribution < 1.29 is 0 Å². The van der Waals surface area contributed by atoms with E-state index in [1.165, 1.54) is 12.8 Å². The van der Waals surface area contributed by atoms with Gasteiger partial charge in [-0.15, -0.1) is 5.10 Å². The zero-order valence-electron chi connectivity index (χ0n) is 9.36. The van der Waals surface area contributed by atoms with Crippen molar-refractivity contribution in [3.8, 4) is 0 Å². The van der Waals surface area contributed by atoms with Gasteiger partial charge in [-0.3, -0.25) is 4.98 Å². The van der Waals surface area contributed by atoms with Crippen molar-refractivity contribution in [2.24, 2.45) is 0 Å². The van der Waals surface area contributed by atoms with Gasteiger partial charge in [0.15, 0.2) is 0 Å². The Bertz CT molecular complexity index is 480. The maximum absolute atomic E-state index is 4.30. The Morgan fingerprint density at radius 2 is 2.29 bits per heavy atom. The number of tetrazole rings is 1. The number of aromatic nitrogens is 5. The van der Waals surface area contributed by atoms with E-state index in [1.54, 1.807) is 11.8 Å². The number of thioether (sulfide) groups is 1. The van der Waals surface area contributed by atoms with Crippen LogP contribution in [-0.4, -0.2) is 30.9 Å². The largest absolute Gasteiger partial charge is 0.261 e. The lowest BCUT2D eigenvalue weighted by Crippen LogP contribution is -2.00. The molecule has 0 atom stereocenters. The predicted octanol–water partition coefficient (Wildman–Crippen LogP) is 1.74. The van der Waals surface area contributed by atoms with E-state index in [4.69, 9.17) is 0 Å². The van der Waals surface area contributed by atoms with E-state index in [9.17, 15) is 0 Å². The first-order valence-corrected chi connectivity index (χ1v) is 6.72. The zero-order chi connectivity index (χ0) is 11.5. The van der Waals surface area contributed by atoms with Crippen LogP contribution < -0.4 is 0 Å². The van der Waals surface area contributed by atoms with Gasteiger partial charge in [0.25, 0.3) is 0 Å². The number of hydrogen-bond donors (Lipinski definition) is 0. The topological polar surface area (TPSA) is 56.5 Å². The summed E-state index contributed by atoms with van der Waals surface area (Å²) in [6, 6.07) is 6.54. The maximum atomic E-state index is 4.30. The SMILES string of the molecule is c1ccc(CCSc2nnnn2C2CC2)nc1. The van der Waals surface area contributed by atoms with Gasteiger partial charge in [-0.05, 0) is 41.8 Å². The molecule has 2 aromatic rings. The molecule has 0 saturated heterocycles. The minimum atomic E-state index is 0.544. The third-order valence-electron chi connectivity index (χ3n) is 2.67. The maximum Gasteiger partial charge on any atom is 0.209 e. The molecule has 0 unspecified atom stereocenters. The Hall–Kier alpha value is -1.43. The van der Waals surface area contributed by atoms with Gasteiger partial charge < -0.3 is 0 Å². The van der Waals surface area contributed by atoms with E-state index in [2.05, 4.69) is 20.5 Å². The molecule has 0 aromatic carbocycles. The highest BCUT2D eigenvalue weighted by atomic mass is 32.2. The van der Waals surface area contributed by atoms with Crippen LogP contribution in [0.5, 0.6) is 0 Å². The van der Waals surface area contributed by atoms with Crippen LogP contribution in [0.1, 0.15) is 24.6 Å². The van der Waals surface area contributed by atoms with Crippen LogP contribution in [0.2, 0.25) is 0 Å². The second-order valence-corrected chi connectivity index (χ2v) is 5.12. The van der Waals surface area contributed by atoms with E-state index in [1.807, 2.05) is 29.1 Å². The first-order chi connectivity index (χ1) is 8.43. The Labute approximate surface area is 104 Å². The van der Waals surface area contributed by atoms with Crippen LogP contribution >= 0.6 is 11.8 Å². The average Bonchev–Trinajstić information content (AvgIpc) is 3.11. The summed E-state index contributed by atoms with van der Waals surface area (Å²) in [6.07, 6.45) is 5.19. The van der Waals surface area contributed by atoms with Gasteiger partial charge in [-0.1, -0.05) is 17.8 Å². The molecule has 2 aromatic heterocycles. The van der Waals surface area contributed by atoms with Crippen LogP contribution in [0.3, 0.4) is 0 Å². The Balaban J connectivity index is 1.55. The fourth-order valence-corrected chi connectivity index (χ4v) is 2.53. The van der Waals surface area contributed by atoms with Gasteiger partial charge in [0.2, 0.25) is 5.16 Å². The molecule has 0 amide bonds. The van der Waals surface area contributed by atoms with E-state index < -0.39 is 0 Å². The lowest BCUT2D eigenvalue weighted by atomic mass is 10.3. The first-order valence-electron chi connectivity index (χ1n) is 5.74. The monoisotopic (exact) mass is 247 g/mol. The van der Waals surface area contributed by atoms with Crippen molar-refractivity contribution in [3.63, 3.8) is 0 Å². The molecule has 1 aliphatic carbocycles. The molecule has 2 heterocycles. The molecule has 0 bridgehead atoms. The molecule has 1 fully saturated rings. The van der Waals surface area contributed by atoms with Crippen molar-refractivity contribution in [2.45, 2.75) is 30.5 Å². The van der Waals surface area contributed by atoms with Crippen LogP contribution in [0, 0.1) is 0 Å². The molecule has 3 rings (SSSR count). The minimum absolute atomic E-state index is 0.544. The molecule has 1 saturated carbocycles. The smallest absolute Gasteiger partial charge is 0.209 e. The highest BCUT2D eigenvalue weighted by molar-refractivity contribution is 7.99. The summed E-state index contributed by atoms with van der Waals surface area (Å²) >= 11 is 1.70. The summed E-state index contributed by atoms with van der Waals surface area (Å²) in [4.78, 5) is 4.30. The zero-order valence-corrected chi connectivity index (χ0v) is 10.2. The van der Waals surface area contributed by atoms with Crippen LogP contribution in [0.4, 0.5) is 0 Å². The van der Waals surface area contributed by atoms with E-state index in [0.29, 0.717) is 6.04 Å². The molecule has 0 N–H and O–H groups in total. The molecule has 5 nitrogen and oxygen atoms in total. The molecule has 88 valence electrons. The minimum Gasteiger partial charge on any atom is -0.261 e. The van der Waals surface area contributed by atoms with Gasteiger partial charge in [0, 0.05) is 17.6 Å². The van der Waals surface area contributed by atoms with Crippen molar-refractivity contribution in [2.75, 3.05) is 5.75 Å². The molecular weight excluding hydrogens is 234 g/mol. The number of rotatable bonds is 5. The number of nitrogens with zero attached hydrogens (tertiary/aromatic N) is 5. The van der Waals surface area contributed by atoms with Gasteiger partial charge in [0.05, 0.1) is 6.04 Å². The van der Waals surface area contributed by atoms with Crippen LogP contribution in [0.25, 0.3) is 0 Å². The lowest BCUT2D eigenvalue weighted by molar-refractivity contribution is 0.565. The quantitative estimate of drug-likeness (QED) is 0.753. The highest BCUT2D eigenvalue weighted by Crippen LogP contribution is 2.36. The average molecular weight is 247 g/mol. The Morgan fingerprint density at radius 1 is 1.35 bits per heavy atom. The van der Waals surface area contributed by atoms with Gasteiger partial charge in [-0.25, -0.2) is 4.68 Å². The third-order valence-corrected chi connectivity index (χ3v) is 3.61. The van der Waals surface area contributed by atoms with Crippen molar-refractivity contribution in [1.29, 1.82) is 0 Å². The molecule has 0 spiro atoms. The van der Waals surface area contributed by atoms with Crippen LogP contribution in [0.15, 0.2) is 29.6 Å². The number of pyridine rings is 1. The summed E-state index contributed by atoms with van der Waals surface area (Å²) in [6.45, 7) is 0. The molecule has 1 aliphatic rings. The number of hydrogen-bond acceptors (Lipinski definition) is 5. The van der Waals surface area contributed by atoms with E-state index >= 15 is 0 Å². The molecule has 0 radical (unpaired) electrons. The van der Waals surface area contributed by atoms with E-state index in [-0.39, 0.29) is 0 Å². The van der Waals surface area contributed by atoms with E-state index in [0.717, 1.165) is 23.0 Å². The van der Waals surface area contributed by atoms with Crippen molar-refractivity contribution in [1.82, 2.24) is 25.2 Å². The Kier molecular flexibility index (Phi) is 3.04. The summed E-state index contributed by atoms with van der Waals surface area (Å²) in [5.74, 6) is 0.962. The normalized spacial score (nSPS) is 15.1. The lowest BCUT2D eigenvalue weighted by Gasteiger charge is -2.01. The summed E-state index contributed by atoms with van der Waals surface area (Å²) in [5, 5.41) is 12.7. The first kappa shape index (κ1) is 10.7. The Morgan fingerprint density at radius 3 is 3.06 bits per heavy atom. The fourth-order valence-electron chi connectivity index (χ4n) is 1.62. The van der Waals surface area contributed by atoms with Gasteiger partial charge >= 0.3 is 0 Å².